The lowest BCUT2D eigenvalue weighted by Gasteiger charge is -2.24. The van der Waals surface area contributed by atoms with E-state index in [4.69, 9.17) is 11.2 Å². The molecule has 1 amide bonds. The second-order valence-corrected chi connectivity index (χ2v) is 4.40. The summed E-state index contributed by atoms with van der Waals surface area (Å²) in [5, 5.41) is 11.8. The first-order chi connectivity index (χ1) is 6.76. The van der Waals surface area contributed by atoms with Gasteiger partial charge in [0.05, 0.1) is 12.1 Å². The first-order valence-electron chi connectivity index (χ1n) is 4.87. The van der Waals surface area contributed by atoms with Crippen molar-refractivity contribution < 1.29 is 14.6 Å². The number of amides is 1. The van der Waals surface area contributed by atoms with Gasteiger partial charge in [-0.3, -0.25) is 0 Å². The summed E-state index contributed by atoms with van der Waals surface area (Å²) in [7, 11) is 0. The average Bonchev–Trinajstić information content (AvgIpc) is 1.99. The maximum atomic E-state index is 11.3. The fraction of sp³-hybridized carbons (Fsp3) is 0.727. The molecule has 0 aromatic carbocycles. The Morgan fingerprint density at radius 1 is 1.60 bits per heavy atom. The molecule has 0 aromatic heterocycles. The molecule has 4 heteroatoms. The number of alkyl carbamates (subject to hydrolysis) is 1. The molecule has 0 spiro atoms. The van der Waals surface area contributed by atoms with Crippen molar-refractivity contribution >= 4 is 6.09 Å². The molecule has 2 N–H and O–H groups in total. The van der Waals surface area contributed by atoms with Gasteiger partial charge in [0.2, 0.25) is 0 Å². The number of nitrogens with one attached hydrogen (secondary N) is 1. The largest absolute Gasteiger partial charge is 0.444 e. The van der Waals surface area contributed by atoms with Crippen LogP contribution in [0.4, 0.5) is 4.79 Å². The number of terminal acetylenes is 1. The van der Waals surface area contributed by atoms with E-state index >= 15 is 0 Å². The monoisotopic (exact) mass is 213 g/mol. The lowest BCUT2D eigenvalue weighted by molar-refractivity contribution is 0.0441. The summed E-state index contributed by atoms with van der Waals surface area (Å²) in [6.07, 6.45) is 4.13. The summed E-state index contributed by atoms with van der Waals surface area (Å²) in [4.78, 5) is 11.3. The molecular weight excluding hydrogens is 194 g/mol. The second kappa shape index (κ2) is 5.62. The van der Waals surface area contributed by atoms with Crippen molar-refractivity contribution in [2.24, 2.45) is 0 Å². The van der Waals surface area contributed by atoms with Crippen LogP contribution in [0.15, 0.2) is 0 Å². The highest BCUT2D eigenvalue weighted by molar-refractivity contribution is 5.68. The van der Waals surface area contributed by atoms with Crippen LogP contribution < -0.4 is 5.32 Å². The molecule has 15 heavy (non-hydrogen) atoms. The maximum absolute atomic E-state index is 11.3. The number of rotatable bonds is 3. The molecule has 0 radical (unpaired) electrons. The first kappa shape index (κ1) is 13.8. The fourth-order valence-electron chi connectivity index (χ4n) is 0.928. The Morgan fingerprint density at radius 2 is 2.13 bits per heavy atom. The third-order valence-corrected chi connectivity index (χ3v) is 1.62. The van der Waals surface area contributed by atoms with Gasteiger partial charge in [-0.15, -0.1) is 12.3 Å². The van der Waals surface area contributed by atoms with E-state index in [0.717, 1.165) is 0 Å². The Balaban J connectivity index is 4.19. The van der Waals surface area contributed by atoms with E-state index in [1.165, 1.54) is 0 Å². The van der Waals surface area contributed by atoms with Crippen LogP contribution in [0.25, 0.3) is 0 Å². The number of aliphatic hydroxyl groups is 1. The third-order valence-electron chi connectivity index (χ3n) is 1.62. The minimum absolute atomic E-state index is 0.275. The highest BCUT2D eigenvalue weighted by atomic mass is 16.6. The summed E-state index contributed by atoms with van der Waals surface area (Å²) in [5.74, 6) is 2.39. The molecule has 0 aromatic rings. The van der Waals surface area contributed by atoms with Gasteiger partial charge < -0.3 is 15.2 Å². The van der Waals surface area contributed by atoms with E-state index in [1.807, 2.05) is 0 Å². The van der Waals surface area contributed by atoms with E-state index < -0.39 is 23.8 Å². The molecular formula is C11H19NO3. The van der Waals surface area contributed by atoms with E-state index in [0.29, 0.717) is 0 Å². The van der Waals surface area contributed by atoms with Crippen LogP contribution in [-0.4, -0.2) is 28.9 Å². The fourth-order valence-corrected chi connectivity index (χ4v) is 0.928. The molecule has 2 atom stereocenters. The zero-order valence-electron chi connectivity index (χ0n) is 9.70. The molecule has 0 bridgehead atoms. The van der Waals surface area contributed by atoms with Crippen molar-refractivity contribution in [3.05, 3.63) is 0 Å². The Bertz CT molecular complexity index is 248. The van der Waals surface area contributed by atoms with E-state index in [1.54, 1.807) is 27.7 Å². The quantitative estimate of drug-likeness (QED) is 0.694. The summed E-state index contributed by atoms with van der Waals surface area (Å²) in [6, 6.07) is -0.468. The van der Waals surface area contributed by atoms with Gasteiger partial charge in [-0.1, -0.05) is 0 Å². The van der Waals surface area contributed by atoms with E-state index in [9.17, 15) is 9.90 Å². The van der Waals surface area contributed by atoms with Gasteiger partial charge in [0, 0.05) is 6.42 Å². The highest BCUT2D eigenvalue weighted by Gasteiger charge is 2.21. The third kappa shape index (κ3) is 6.81. The van der Waals surface area contributed by atoms with E-state index in [-0.39, 0.29) is 6.42 Å². The normalized spacial score (nSPS) is 14.9. The van der Waals surface area contributed by atoms with Crippen LogP contribution in [-0.2, 0) is 4.74 Å². The highest BCUT2D eigenvalue weighted by Crippen LogP contribution is 2.07. The molecule has 0 aliphatic carbocycles. The van der Waals surface area contributed by atoms with E-state index in [2.05, 4.69) is 11.2 Å². The standard InChI is InChI=1S/C11H19NO3/c1-6-7-9(8(2)13)12-10(14)15-11(3,4)5/h1,8-9,13H,7H2,2-5H3,(H,12,14)/t8-,9+/m0/s1. The SMILES string of the molecule is C#CC[C@@H](NC(=O)OC(C)(C)C)[C@H](C)O. The minimum Gasteiger partial charge on any atom is -0.444 e. The van der Waals surface area contributed by atoms with Gasteiger partial charge in [0.1, 0.15) is 5.60 Å². The van der Waals surface area contributed by atoms with Gasteiger partial charge in [0.25, 0.3) is 0 Å². The molecule has 4 nitrogen and oxygen atoms in total. The molecule has 0 rings (SSSR count). The predicted octanol–water partition coefficient (Wildman–Crippen LogP) is 1.28. The summed E-state index contributed by atoms with van der Waals surface area (Å²) < 4.78 is 5.03. The Morgan fingerprint density at radius 3 is 2.47 bits per heavy atom. The number of ether oxygens (including phenoxy) is 1. The van der Waals surface area contributed by atoms with Crippen LogP contribution in [0.2, 0.25) is 0 Å². The van der Waals surface area contributed by atoms with Crippen LogP contribution in [0.3, 0.4) is 0 Å². The number of carbonyl (C=O) groups excluding carboxylic acids is 1. The summed E-state index contributed by atoms with van der Waals surface area (Å²) in [6.45, 7) is 6.88. The van der Waals surface area contributed by atoms with Crippen molar-refractivity contribution in [2.75, 3.05) is 0 Å². The number of carbonyl (C=O) groups is 1. The maximum Gasteiger partial charge on any atom is 0.407 e. The van der Waals surface area contributed by atoms with Crippen molar-refractivity contribution in [1.82, 2.24) is 5.32 Å². The van der Waals surface area contributed by atoms with Crippen molar-refractivity contribution in [3.8, 4) is 12.3 Å². The van der Waals surface area contributed by atoms with Crippen LogP contribution in [0.1, 0.15) is 34.1 Å². The van der Waals surface area contributed by atoms with Crippen molar-refractivity contribution in [3.63, 3.8) is 0 Å². The minimum atomic E-state index is -0.700. The smallest absolute Gasteiger partial charge is 0.407 e. The van der Waals surface area contributed by atoms with Crippen LogP contribution in [0, 0.1) is 12.3 Å². The molecule has 0 unspecified atom stereocenters. The van der Waals surface area contributed by atoms with Gasteiger partial charge >= 0.3 is 6.09 Å². The Kier molecular flexibility index (Phi) is 5.16. The zero-order chi connectivity index (χ0) is 12.1. The number of hydrogen-bond donors (Lipinski definition) is 2. The first-order valence-corrected chi connectivity index (χ1v) is 4.87. The Labute approximate surface area is 91.0 Å². The topological polar surface area (TPSA) is 58.6 Å². The van der Waals surface area contributed by atoms with Gasteiger partial charge in [-0.05, 0) is 27.7 Å². The molecule has 0 saturated heterocycles. The lowest BCUT2D eigenvalue weighted by Crippen LogP contribution is -2.44. The molecule has 0 fully saturated rings. The van der Waals surface area contributed by atoms with Crippen LogP contribution in [0.5, 0.6) is 0 Å². The molecule has 0 aliphatic rings. The van der Waals surface area contributed by atoms with Gasteiger partial charge in [0.15, 0.2) is 0 Å². The van der Waals surface area contributed by atoms with Crippen molar-refractivity contribution in [2.45, 2.75) is 51.9 Å². The molecule has 0 aliphatic heterocycles. The second-order valence-electron chi connectivity index (χ2n) is 4.40. The number of aliphatic hydroxyl groups excluding tert-OH is 1. The molecule has 0 heterocycles. The lowest BCUT2D eigenvalue weighted by atomic mass is 10.1. The van der Waals surface area contributed by atoms with Gasteiger partial charge in [-0.25, -0.2) is 4.79 Å². The number of hydrogen-bond acceptors (Lipinski definition) is 3. The summed E-state index contributed by atoms with van der Waals surface area (Å²) >= 11 is 0. The van der Waals surface area contributed by atoms with Crippen molar-refractivity contribution in [1.29, 1.82) is 0 Å². The molecule has 86 valence electrons. The Hall–Kier alpha value is -1.21. The van der Waals surface area contributed by atoms with Crippen LogP contribution >= 0.6 is 0 Å². The molecule has 0 saturated carbocycles. The summed E-state index contributed by atoms with van der Waals surface area (Å²) in [5.41, 5.74) is -0.552. The predicted molar refractivity (Wildman–Crippen MR) is 58.3 cm³/mol. The zero-order valence-corrected chi connectivity index (χ0v) is 9.70. The van der Waals surface area contributed by atoms with Gasteiger partial charge in [-0.2, -0.15) is 0 Å². The average molecular weight is 213 g/mol.